The van der Waals surface area contributed by atoms with Crippen LogP contribution in [0.2, 0.25) is 10.0 Å². The lowest BCUT2D eigenvalue weighted by atomic mass is 9.82. The van der Waals surface area contributed by atoms with Crippen molar-refractivity contribution in [1.82, 2.24) is 9.80 Å². The number of carbonyl (C=O) groups is 2. The molecule has 2 aliphatic rings. The molecule has 0 saturated carbocycles. The largest absolute Gasteiger partial charge is 0.454 e. The summed E-state index contributed by atoms with van der Waals surface area (Å²) in [7, 11) is 0. The summed E-state index contributed by atoms with van der Waals surface area (Å²) in [6, 6.07) is 25.3. The molecule has 0 spiro atoms. The zero-order chi connectivity index (χ0) is 29.5. The molecule has 2 aliphatic heterocycles. The summed E-state index contributed by atoms with van der Waals surface area (Å²) in [5, 5.41) is 1.02. The van der Waals surface area contributed by atoms with Crippen LogP contribution in [-0.4, -0.2) is 53.8 Å². The number of nitrogens with zero attached hydrogens (tertiary/aromatic N) is 2. The van der Waals surface area contributed by atoms with Gasteiger partial charge in [-0.2, -0.15) is 0 Å². The van der Waals surface area contributed by atoms with Crippen molar-refractivity contribution in [1.29, 1.82) is 0 Å². The van der Waals surface area contributed by atoms with Crippen LogP contribution in [-0.2, 0) is 15.1 Å². The molecule has 5 rings (SSSR count). The van der Waals surface area contributed by atoms with E-state index in [1.54, 1.807) is 0 Å². The number of halogens is 2. The van der Waals surface area contributed by atoms with Crippen molar-refractivity contribution in [3.8, 4) is 0 Å². The number of piperidine rings is 2. The van der Waals surface area contributed by atoms with E-state index < -0.39 is 5.60 Å². The van der Waals surface area contributed by atoms with E-state index >= 15 is 0 Å². The molecule has 2 unspecified atom stereocenters. The van der Waals surface area contributed by atoms with Crippen LogP contribution in [0, 0.1) is 0 Å². The van der Waals surface area contributed by atoms with Gasteiger partial charge in [-0.3, -0.25) is 19.4 Å². The van der Waals surface area contributed by atoms with Gasteiger partial charge in [-0.1, -0.05) is 103 Å². The predicted octanol–water partition coefficient (Wildman–Crippen LogP) is 8.11. The van der Waals surface area contributed by atoms with Gasteiger partial charge in [-0.05, 0) is 55.6 Å². The van der Waals surface area contributed by atoms with Gasteiger partial charge < -0.3 is 4.74 Å². The molecule has 0 aliphatic carbocycles. The highest BCUT2D eigenvalue weighted by atomic mass is 35.5. The van der Waals surface area contributed by atoms with Crippen molar-refractivity contribution in [2.75, 3.05) is 26.2 Å². The zero-order valence-electron chi connectivity index (χ0n) is 24.3. The molecular weight excluding hydrogens is 567 g/mol. The quantitative estimate of drug-likeness (QED) is 0.172. The molecule has 2 atom stereocenters. The van der Waals surface area contributed by atoms with Gasteiger partial charge in [-0.15, -0.1) is 0 Å². The summed E-state index contributed by atoms with van der Waals surface area (Å²) in [5.41, 5.74) is 2.15. The van der Waals surface area contributed by atoms with Crippen molar-refractivity contribution in [2.24, 2.45) is 0 Å². The number of likely N-dealkylation sites (tertiary alicyclic amines) is 2. The van der Waals surface area contributed by atoms with Crippen molar-refractivity contribution >= 4 is 35.0 Å². The lowest BCUT2D eigenvalue weighted by Gasteiger charge is -2.45. The summed E-state index contributed by atoms with van der Waals surface area (Å²) >= 11 is 12.9. The van der Waals surface area contributed by atoms with E-state index in [1.807, 2.05) is 73.7 Å². The number of ketones is 1. The van der Waals surface area contributed by atoms with Crippen molar-refractivity contribution < 1.29 is 14.3 Å². The minimum atomic E-state index is -0.667. The smallest absolute Gasteiger partial charge is 0.306 e. The molecule has 3 aromatic rings. The first-order valence-corrected chi connectivity index (χ1v) is 16.0. The number of benzene rings is 3. The number of Topliss-reactive ketones (excluding diaryl/α,β-unsaturated/α-hetero) is 1. The van der Waals surface area contributed by atoms with Crippen LogP contribution in [0.25, 0.3) is 0 Å². The van der Waals surface area contributed by atoms with Crippen LogP contribution in [0.4, 0.5) is 0 Å². The number of ether oxygens (including phenoxy) is 1. The summed E-state index contributed by atoms with van der Waals surface area (Å²) in [5.74, 6) is -0.0259. The molecule has 0 aromatic heterocycles. The summed E-state index contributed by atoms with van der Waals surface area (Å²) in [6.07, 6.45) is 5.71. The molecule has 0 N–H and O–H groups in total. The molecule has 0 amide bonds. The highest BCUT2D eigenvalue weighted by Crippen LogP contribution is 2.41. The predicted molar refractivity (Wildman–Crippen MR) is 169 cm³/mol. The van der Waals surface area contributed by atoms with E-state index in [1.165, 1.54) is 6.42 Å². The van der Waals surface area contributed by atoms with Crippen LogP contribution in [0.5, 0.6) is 0 Å². The highest BCUT2D eigenvalue weighted by Gasteiger charge is 2.42. The van der Waals surface area contributed by atoms with E-state index in [0.717, 1.165) is 42.6 Å². The van der Waals surface area contributed by atoms with E-state index in [0.29, 0.717) is 48.8 Å². The number of carbonyl (C=O) groups excluding carboxylic acids is 2. The van der Waals surface area contributed by atoms with Crippen molar-refractivity contribution in [3.63, 3.8) is 0 Å². The first kappa shape index (κ1) is 30.7. The first-order valence-electron chi connectivity index (χ1n) is 15.2. The third-order valence-electron chi connectivity index (χ3n) is 8.91. The Morgan fingerprint density at radius 3 is 2.07 bits per heavy atom. The maximum absolute atomic E-state index is 14.1. The van der Waals surface area contributed by atoms with Gasteiger partial charge >= 0.3 is 5.97 Å². The van der Waals surface area contributed by atoms with Crippen LogP contribution in [0.3, 0.4) is 0 Å². The Kier molecular flexibility index (Phi) is 10.4. The third kappa shape index (κ3) is 7.08. The molecule has 42 heavy (non-hydrogen) atoms. The minimum Gasteiger partial charge on any atom is -0.454 e. The lowest BCUT2D eigenvalue weighted by Crippen LogP contribution is -2.49. The molecular formula is C35H40Cl2N2O3. The molecule has 0 radical (unpaired) electrons. The third-order valence-corrected chi connectivity index (χ3v) is 9.65. The van der Waals surface area contributed by atoms with Gasteiger partial charge in [0.2, 0.25) is 0 Å². The maximum Gasteiger partial charge on any atom is 0.306 e. The number of rotatable bonds is 10. The van der Waals surface area contributed by atoms with Gasteiger partial charge in [0.1, 0.15) is 5.60 Å². The Morgan fingerprint density at radius 1 is 0.810 bits per heavy atom. The molecule has 3 aromatic carbocycles. The summed E-state index contributed by atoms with van der Waals surface area (Å²) in [6.45, 7) is 5.09. The van der Waals surface area contributed by atoms with E-state index in [4.69, 9.17) is 27.9 Å². The Hall–Kier alpha value is -2.70. The molecule has 2 saturated heterocycles. The van der Waals surface area contributed by atoms with Gasteiger partial charge in [0.15, 0.2) is 5.78 Å². The molecule has 2 heterocycles. The van der Waals surface area contributed by atoms with Gasteiger partial charge in [-0.25, -0.2) is 0 Å². The van der Waals surface area contributed by atoms with E-state index in [9.17, 15) is 9.59 Å². The average Bonchev–Trinajstić information content (AvgIpc) is 3.04. The topological polar surface area (TPSA) is 49.9 Å². The monoisotopic (exact) mass is 606 g/mol. The van der Waals surface area contributed by atoms with Crippen LogP contribution in [0.15, 0.2) is 78.9 Å². The van der Waals surface area contributed by atoms with E-state index in [-0.39, 0.29) is 23.8 Å². The average molecular weight is 608 g/mol. The summed E-state index contributed by atoms with van der Waals surface area (Å²) < 4.78 is 6.19. The molecule has 7 heteroatoms. The molecule has 2 fully saturated rings. The second-order valence-electron chi connectivity index (χ2n) is 11.5. The standard InChI is InChI=1S/C35H40Cl2N2O3/c1-2-33(40)42-35(28-14-8-4-9-15-28)18-22-39(23-19-35)31(27-16-17-29(36)30(37)24-27)25-32(38-20-10-5-11-21-38)34(41)26-12-6-3-7-13-26/h3-4,6-9,12-17,24,31-32H,2,5,10-11,18-23,25H2,1H3. The summed E-state index contributed by atoms with van der Waals surface area (Å²) in [4.78, 5) is 31.5. The van der Waals surface area contributed by atoms with Crippen LogP contribution in [0.1, 0.15) is 79.4 Å². The van der Waals surface area contributed by atoms with Crippen LogP contribution < -0.4 is 0 Å². The number of hydrogen-bond donors (Lipinski definition) is 0. The zero-order valence-corrected chi connectivity index (χ0v) is 25.8. The van der Waals surface area contributed by atoms with Gasteiger partial charge in [0.05, 0.1) is 16.1 Å². The second kappa shape index (κ2) is 14.2. The molecule has 222 valence electrons. The fourth-order valence-electron chi connectivity index (χ4n) is 6.55. The van der Waals surface area contributed by atoms with Crippen molar-refractivity contribution in [3.05, 3.63) is 106 Å². The second-order valence-corrected chi connectivity index (χ2v) is 12.3. The van der Waals surface area contributed by atoms with Gasteiger partial charge in [0, 0.05) is 44.0 Å². The van der Waals surface area contributed by atoms with Crippen LogP contribution >= 0.6 is 23.2 Å². The Labute approximate surface area is 259 Å². The van der Waals surface area contributed by atoms with Gasteiger partial charge in [0.25, 0.3) is 0 Å². The number of hydrogen-bond acceptors (Lipinski definition) is 5. The lowest BCUT2D eigenvalue weighted by molar-refractivity contribution is -0.167. The molecule has 0 bridgehead atoms. The first-order chi connectivity index (χ1) is 20.4. The highest BCUT2D eigenvalue weighted by molar-refractivity contribution is 6.42. The molecule has 5 nitrogen and oxygen atoms in total. The number of esters is 1. The Morgan fingerprint density at radius 2 is 1.45 bits per heavy atom. The van der Waals surface area contributed by atoms with E-state index in [2.05, 4.69) is 21.9 Å². The Bertz CT molecular complexity index is 1340. The fraction of sp³-hybridized carbons (Fsp3) is 0.429. The normalized spacial score (nSPS) is 19.1. The Balaban J connectivity index is 1.47. The maximum atomic E-state index is 14.1. The van der Waals surface area contributed by atoms with Crippen molar-refractivity contribution in [2.45, 2.75) is 69.6 Å². The fourth-order valence-corrected chi connectivity index (χ4v) is 6.86. The minimum absolute atomic E-state index is 0.0602. The SMILES string of the molecule is CCC(=O)OC1(c2ccccc2)CCN(C(CC(C(=O)c2ccccc2)N2CCCCC2)c2ccc(Cl)c(Cl)c2)CC1.